The summed E-state index contributed by atoms with van der Waals surface area (Å²) in [5.74, 6) is 0.153. The quantitative estimate of drug-likeness (QED) is 0.876. The lowest BCUT2D eigenvalue weighted by molar-refractivity contribution is -0.00934. The summed E-state index contributed by atoms with van der Waals surface area (Å²) in [7, 11) is 1.88. The summed E-state index contributed by atoms with van der Waals surface area (Å²) < 4.78 is 14.0. The molecule has 1 heterocycles. The van der Waals surface area contributed by atoms with Gasteiger partial charge in [0.2, 0.25) is 0 Å². The number of halogens is 1. The van der Waals surface area contributed by atoms with Crippen molar-refractivity contribution in [3.05, 3.63) is 35.6 Å². The van der Waals surface area contributed by atoms with Crippen LogP contribution in [0.5, 0.6) is 0 Å². The molecule has 118 valence electrons. The zero-order valence-corrected chi connectivity index (χ0v) is 13.3. The third kappa shape index (κ3) is 4.25. The van der Waals surface area contributed by atoms with Gasteiger partial charge in [-0.15, -0.1) is 0 Å². The number of rotatable bonds is 5. The van der Waals surface area contributed by atoms with Crippen molar-refractivity contribution in [3.63, 3.8) is 0 Å². The van der Waals surface area contributed by atoms with Crippen LogP contribution in [0.2, 0.25) is 0 Å². The summed E-state index contributed by atoms with van der Waals surface area (Å²) >= 11 is 0. The predicted octanol–water partition coefficient (Wildman–Crippen LogP) is 2.57. The molecule has 3 nitrogen and oxygen atoms in total. The van der Waals surface area contributed by atoms with Crippen LogP contribution < -0.4 is 5.32 Å². The van der Waals surface area contributed by atoms with Gasteiger partial charge in [0.25, 0.3) is 0 Å². The fourth-order valence-corrected chi connectivity index (χ4v) is 3.20. The number of nitrogens with zero attached hydrogens (tertiary/aromatic N) is 1. The first-order chi connectivity index (χ1) is 9.93. The van der Waals surface area contributed by atoms with Gasteiger partial charge in [-0.2, -0.15) is 0 Å². The first-order valence-electron chi connectivity index (χ1n) is 7.79. The number of hydrogen-bond donors (Lipinski definition) is 2. The standard InChI is InChI=1S/C17H27FN2O/c1-13(12-20-10-8-17(2,21)9-11-20)16(19-3)14-6-4-5-7-15(14)18/h4-7,13,16,19,21H,8-12H2,1-3H3. The first kappa shape index (κ1) is 16.4. The van der Waals surface area contributed by atoms with Crippen LogP contribution in [0.4, 0.5) is 4.39 Å². The second-order valence-corrected chi connectivity index (χ2v) is 6.56. The SMILES string of the molecule is CNC(c1ccccc1F)C(C)CN1CCC(C)(O)CC1. The van der Waals surface area contributed by atoms with Gasteiger partial charge in [-0.25, -0.2) is 4.39 Å². The van der Waals surface area contributed by atoms with Crippen LogP contribution in [0.25, 0.3) is 0 Å². The van der Waals surface area contributed by atoms with E-state index < -0.39 is 5.60 Å². The molecule has 1 fully saturated rings. The lowest BCUT2D eigenvalue weighted by atomic mass is 9.90. The molecule has 1 saturated heterocycles. The smallest absolute Gasteiger partial charge is 0.127 e. The molecule has 1 aliphatic heterocycles. The molecule has 0 bridgehead atoms. The number of likely N-dealkylation sites (tertiary alicyclic amines) is 1. The molecule has 1 aromatic carbocycles. The number of piperidine rings is 1. The van der Waals surface area contributed by atoms with Crippen molar-refractivity contribution in [2.45, 2.75) is 38.3 Å². The van der Waals surface area contributed by atoms with Crippen molar-refractivity contribution >= 4 is 0 Å². The molecule has 0 spiro atoms. The predicted molar refractivity (Wildman–Crippen MR) is 83.7 cm³/mol. The summed E-state index contributed by atoms with van der Waals surface area (Å²) in [6.07, 6.45) is 1.62. The number of hydrogen-bond acceptors (Lipinski definition) is 3. The Labute approximate surface area is 127 Å². The van der Waals surface area contributed by atoms with E-state index in [2.05, 4.69) is 17.1 Å². The minimum atomic E-state index is -0.520. The van der Waals surface area contributed by atoms with Gasteiger partial charge in [0, 0.05) is 31.2 Å². The van der Waals surface area contributed by atoms with Crippen molar-refractivity contribution in [1.29, 1.82) is 0 Å². The summed E-state index contributed by atoms with van der Waals surface area (Å²) in [6.45, 7) is 6.79. The molecule has 0 saturated carbocycles. The summed E-state index contributed by atoms with van der Waals surface area (Å²) in [4.78, 5) is 2.37. The van der Waals surface area contributed by atoms with Gasteiger partial charge in [-0.05, 0) is 38.8 Å². The highest BCUT2D eigenvalue weighted by atomic mass is 19.1. The second-order valence-electron chi connectivity index (χ2n) is 6.56. The Hall–Kier alpha value is -0.970. The molecule has 0 aromatic heterocycles. The van der Waals surface area contributed by atoms with Crippen LogP contribution in [0.3, 0.4) is 0 Å². The molecule has 4 heteroatoms. The Morgan fingerprint density at radius 3 is 2.52 bits per heavy atom. The van der Waals surface area contributed by atoms with Crippen molar-refractivity contribution in [1.82, 2.24) is 10.2 Å². The summed E-state index contributed by atoms with van der Waals surface area (Å²) in [5.41, 5.74) is 0.213. The zero-order chi connectivity index (χ0) is 15.5. The molecule has 2 N–H and O–H groups in total. The molecule has 2 unspecified atom stereocenters. The van der Waals surface area contributed by atoms with Crippen molar-refractivity contribution in [2.24, 2.45) is 5.92 Å². The Morgan fingerprint density at radius 1 is 1.33 bits per heavy atom. The van der Waals surface area contributed by atoms with E-state index in [1.165, 1.54) is 6.07 Å². The van der Waals surface area contributed by atoms with Crippen molar-refractivity contribution in [2.75, 3.05) is 26.7 Å². The highest BCUT2D eigenvalue weighted by Crippen LogP contribution is 2.27. The average molecular weight is 294 g/mol. The molecule has 2 rings (SSSR count). The van der Waals surface area contributed by atoms with Gasteiger partial charge in [0.05, 0.1) is 5.60 Å². The number of benzene rings is 1. The third-order valence-electron chi connectivity index (χ3n) is 4.60. The molecule has 0 amide bonds. The molecule has 1 aliphatic rings. The number of aliphatic hydroxyl groups is 1. The Bertz CT molecular complexity index is 454. The topological polar surface area (TPSA) is 35.5 Å². The number of nitrogens with one attached hydrogen (secondary N) is 1. The van der Waals surface area contributed by atoms with E-state index in [-0.39, 0.29) is 11.9 Å². The van der Waals surface area contributed by atoms with Crippen LogP contribution in [0, 0.1) is 11.7 Å². The van der Waals surface area contributed by atoms with Crippen LogP contribution in [-0.2, 0) is 0 Å². The van der Waals surface area contributed by atoms with E-state index in [0.29, 0.717) is 5.92 Å². The highest BCUT2D eigenvalue weighted by molar-refractivity contribution is 5.21. The van der Waals surface area contributed by atoms with E-state index in [1.807, 2.05) is 26.1 Å². The maximum absolute atomic E-state index is 14.0. The normalized spacial score (nSPS) is 22.0. The Balaban J connectivity index is 1.98. The van der Waals surface area contributed by atoms with Gasteiger partial charge in [-0.1, -0.05) is 25.1 Å². The molecule has 0 radical (unpaired) electrons. The third-order valence-corrected chi connectivity index (χ3v) is 4.60. The van der Waals surface area contributed by atoms with E-state index >= 15 is 0 Å². The van der Waals surface area contributed by atoms with Gasteiger partial charge in [0.15, 0.2) is 0 Å². The van der Waals surface area contributed by atoms with Gasteiger partial charge < -0.3 is 15.3 Å². The molecule has 0 aliphatic carbocycles. The molecular formula is C17H27FN2O. The molecule has 21 heavy (non-hydrogen) atoms. The van der Waals surface area contributed by atoms with Crippen molar-refractivity contribution in [3.8, 4) is 0 Å². The van der Waals surface area contributed by atoms with E-state index in [0.717, 1.165) is 38.0 Å². The van der Waals surface area contributed by atoms with E-state index in [1.54, 1.807) is 6.07 Å². The van der Waals surface area contributed by atoms with E-state index in [9.17, 15) is 9.50 Å². The fraction of sp³-hybridized carbons (Fsp3) is 0.647. The lowest BCUT2D eigenvalue weighted by Crippen LogP contribution is -2.45. The Morgan fingerprint density at radius 2 is 1.95 bits per heavy atom. The van der Waals surface area contributed by atoms with E-state index in [4.69, 9.17) is 0 Å². The lowest BCUT2D eigenvalue weighted by Gasteiger charge is -2.38. The molecule has 1 aromatic rings. The summed E-state index contributed by atoms with van der Waals surface area (Å²) in [5, 5.41) is 13.3. The van der Waals surface area contributed by atoms with Crippen molar-refractivity contribution < 1.29 is 9.50 Å². The van der Waals surface area contributed by atoms with Gasteiger partial charge in [-0.3, -0.25) is 0 Å². The first-order valence-corrected chi connectivity index (χ1v) is 7.79. The van der Waals surface area contributed by atoms with Crippen LogP contribution in [0.15, 0.2) is 24.3 Å². The van der Waals surface area contributed by atoms with Crippen LogP contribution >= 0.6 is 0 Å². The van der Waals surface area contributed by atoms with Crippen LogP contribution in [0.1, 0.15) is 38.3 Å². The molecule has 2 atom stereocenters. The average Bonchev–Trinajstić information content (AvgIpc) is 2.44. The monoisotopic (exact) mass is 294 g/mol. The van der Waals surface area contributed by atoms with Gasteiger partial charge in [0.1, 0.15) is 5.82 Å². The Kier molecular flexibility index (Phi) is 5.36. The maximum Gasteiger partial charge on any atom is 0.127 e. The zero-order valence-electron chi connectivity index (χ0n) is 13.3. The largest absolute Gasteiger partial charge is 0.390 e. The van der Waals surface area contributed by atoms with Gasteiger partial charge >= 0.3 is 0 Å². The maximum atomic E-state index is 14.0. The molecular weight excluding hydrogens is 267 g/mol. The minimum Gasteiger partial charge on any atom is -0.390 e. The summed E-state index contributed by atoms with van der Waals surface area (Å²) in [6, 6.07) is 6.99. The van der Waals surface area contributed by atoms with Crippen LogP contribution in [-0.4, -0.2) is 42.3 Å². The minimum absolute atomic E-state index is 0.00800. The second kappa shape index (κ2) is 6.86. The fourth-order valence-electron chi connectivity index (χ4n) is 3.20. The highest BCUT2D eigenvalue weighted by Gasteiger charge is 2.29.